The molecule has 1 aliphatic rings. The highest BCUT2D eigenvalue weighted by Gasteiger charge is 2.19. The number of ketones is 1. The first-order chi connectivity index (χ1) is 13.5. The molecular formula is C22H27NO5. The Labute approximate surface area is 165 Å². The van der Waals surface area contributed by atoms with E-state index in [1.165, 1.54) is 24.1 Å². The molecule has 0 amide bonds. The Morgan fingerprint density at radius 2 is 1.82 bits per heavy atom. The van der Waals surface area contributed by atoms with Gasteiger partial charge in [-0.3, -0.25) is 9.69 Å². The van der Waals surface area contributed by atoms with Gasteiger partial charge < -0.3 is 19.3 Å². The Balaban J connectivity index is 1.50. The number of benzene rings is 2. The topological polar surface area (TPSA) is 68.2 Å². The minimum absolute atomic E-state index is 0.0398. The number of methoxy groups -OCH3 is 2. The third kappa shape index (κ3) is 4.57. The molecule has 150 valence electrons. The van der Waals surface area contributed by atoms with Gasteiger partial charge in [0.05, 0.1) is 26.4 Å². The van der Waals surface area contributed by atoms with Gasteiger partial charge in [-0.15, -0.1) is 0 Å². The minimum atomic E-state index is -0.163. The van der Waals surface area contributed by atoms with Crippen LogP contribution in [0.3, 0.4) is 0 Å². The Bertz CT molecular complexity index is 849. The van der Waals surface area contributed by atoms with Crippen LogP contribution >= 0.6 is 0 Å². The standard InChI is InChI=1S/C22H27NO5/c1-15(24)19-6-5-18(13-20(19)25)28-10-4-8-23-9-7-16-11-21(26-2)22(27-3)12-17(16)14-23/h5-6,11-13,25H,4,7-10,14H2,1-3H3. The number of rotatable bonds is 8. The van der Waals surface area contributed by atoms with Gasteiger partial charge >= 0.3 is 0 Å². The van der Waals surface area contributed by atoms with Crippen molar-refractivity contribution in [3.63, 3.8) is 0 Å². The van der Waals surface area contributed by atoms with E-state index < -0.39 is 0 Å². The zero-order chi connectivity index (χ0) is 20.1. The number of hydrogen-bond donors (Lipinski definition) is 1. The summed E-state index contributed by atoms with van der Waals surface area (Å²) < 4.78 is 16.5. The number of phenols is 1. The van der Waals surface area contributed by atoms with Gasteiger partial charge in [0, 0.05) is 25.7 Å². The van der Waals surface area contributed by atoms with Crippen LogP contribution in [0.4, 0.5) is 0 Å². The normalized spacial score (nSPS) is 13.7. The molecule has 0 bridgehead atoms. The number of aromatic hydroxyl groups is 1. The van der Waals surface area contributed by atoms with Crippen LogP contribution < -0.4 is 14.2 Å². The summed E-state index contributed by atoms with van der Waals surface area (Å²) in [5, 5.41) is 9.87. The molecule has 1 N–H and O–H groups in total. The van der Waals surface area contributed by atoms with Gasteiger partial charge in [0.25, 0.3) is 0 Å². The van der Waals surface area contributed by atoms with Gasteiger partial charge in [-0.2, -0.15) is 0 Å². The number of carbonyl (C=O) groups is 1. The number of phenolic OH excluding ortho intramolecular Hbond substituents is 1. The number of Topliss-reactive ketones (excluding diaryl/α,β-unsaturated/α-hetero) is 1. The molecule has 2 aromatic carbocycles. The number of hydrogen-bond acceptors (Lipinski definition) is 6. The summed E-state index contributed by atoms with van der Waals surface area (Å²) in [6.07, 6.45) is 1.86. The molecule has 0 saturated carbocycles. The molecule has 1 aliphatic heterocycles. The fourth-order valence-corrected chi connectivity index (χ4v) is 3.51. The largest absolute Gasteiger partial charge is 0.507 e. The number of carbonyl (C=O) groups excluding carboxylic acids is 1. The molecule has 0 spiro atoms. The summed E-state index contributed by atoms with van der Waals surface area (Å²) in [7, 11) is 3.32. The van der Waals surface area contributed by atoms with E-state index >= 15 is 0 Å². The molecule has 0 aliphatic carbocycles. The van der Waals surface area contributed by atoms with E-state index in [0.29, 0.717) is 17.9 Å². The van der Waals surface area contributed by atoms with Gasteiger partial charge in [-0.1, -0.05) is 0 Å². The first-order valence-electron chi connectivity index (χ1n) is 9.44. The molecule has 6 heteroatoms. The van der Waals surface area contributed by atoms with Crippen molar-refractivity contribution in [1.82, 2.24) is 4.90 Å². The fourth-order valence-electron chi connectivity index (χ4n) is 3.51. The Kier molecular flexibility index (Phi) is 6.41. The maximum atomic E-state index is 11.4. The predicted octanol–water partition coefficient (Wildman–Crippen LogP) is 3.44. The lowest BCUT2D eigenvalue weighted by molar-refractivity contribution is 0.101. The first kappa shape index (κ1) is 20.0. The van der Waals surface area contributed by atoms with Crippen molar-refractivity contribution in [3.8, 4) is 23.0 Å². The predicted molar refractivity (Wildman–Crippen MR) is 107 cm³/mol. The van der Waals surface area contributed by atoms with Crippen LogP contribution in [0.2, 0.25) is 0 Å². The van der Waals surface area contributed by atoms with E-state index in [1.807, 2.05) is 0 Å². The van der Waals surface area contributed by atoms with Gasteiger partial charge in [0.15, 0.2) is 17.3 Å². The second-order valence-electron chi connectivity index (χ2n) is 6.94. The third-order valence-electron chi connectivity index (χ3n) is 5.03. The highest BCUT2D eigenvalue weighted by molar-refractivity contribution is 5.96. The van der Waals surface area contributed by atoms with Crippen LogP contribution in [-0.2, 0) is 13.0 Å². The molecule has 6 nitrogen and oxygen atoms in total. The average molecular weight is 385 g/mol. The number of ether oxygens (including phenoxy) is 3. The van der Waals surface area contributed by atoms with Crippen molar-refractivity contribution in [3.05, 3.63) is 47.0 Å². The summed E-state index contributed by atoms with van der Waals surface area (Å²) in [5.74, 6) is 1.91. The molecule has 0 fully saturated rings. The zero-order valence-corrected chi connectivity index (χ0v) is 16.7. The van der Waals surface area contributed by atoms with Crippen molar-refractivity contribution in [2.75, 3.05) is 33.9 Å². The lowest BCUT2D eigenvalue weighted by Crippen LogP contribution is -2.32. The number of nitrogens with zero attached hydrogens (tertiary/aromatic N) is 1. The Morgan fingerprint density at radius 1 is 1.11 bits per heavy atom. The van der Waals surface area contributed by atoms with Gasteiger partial charge in [-0.05, 0) is 55.2 Å². The summed E-state index contributed by atoms with van der Waals surface area (Å²) in [6.45, 7) is 4.78. The minimum Gasteiger partial charge on any atom is -0.507 e. The summed E-state index contributed by atoms with van der Waals surface area (Å²) in [4.78, 5) is 13.8. The van der Waals surface area contributed by atoms with E-state index in [2.05, 4.69) is 17.0 Å². The maximum Gasteiger partial charge on any atom is 0.163 e. The first-order valence-corrected chi connectivity index (χ1v) is 9.44. The SMILES string of the molecule is COc1cc2c(cc1OC)CN(CCCOc1ccc(C(C)=O)c(O)c1)CC2. The van der Waals surface area contributed by atoms with Crippen LogP contribution in [0.15, 0.2) is 30.3 Å². The van der Waals surface area contributed by atoms with E-state index in [1.54, 1.807) is 26.4 Å². The Morgan fingerprint density at radius 3 is 2.46 bits per heavy atom. The third-order valence-corrected chi connectivity index (χ3v) is 5.03. The van der Waals surface area contributed by atoms with Crippen LogP contribution in [0.1, 0.15) is 34.8 Å². The second kappa shape index (κ2) is 8.97. The van der Waals surface area contributed by atoms with Crippen molar-refractivity contribution < 1.29 is 24.1 Å². The highest BCUT2D eigenvalue weighted by Crippen LogP contribution is 2.33. The smallest absolute Gasteiger partial charge is 0.163 e. The molecule has 0 atom stereocenters. The van der Waals surface area contributed by atoms with Crippen molar-refractivity contribution >= 4 is 5.78 Å². The Hall–Kier alpha value is -2.73. The zero-order valence-electron chi connectivity index (χ0n) is 16.7. The average Bonchev–Trinajstić information content (AvgIpc) is 2.69. The number of fused-ring (bicyclic) bond motifs is 1. The molecule has 0 radical (unpaired) electrons. The van der Waals surface area contributed by atoms with Crippen molar-refractivity contribution in [1.29, 1.82) is 0 Å². The van der Waals surface area contributed by atoms with Crippen LogP contribution in [0.25, 0.3) is 0 Å². The summed E-state index contributed by atoms with van der Waals surface area (Å²) in [6, 6.07) is 8.94. The van der Waals surface area contributed by atoms with E-state index in [9.17, 15) is 9.90 Å². The monoisotopic (exact) mass is 385 g/mol. The lowest BCUT2D eigenvalue weighted by Gasteiger charge is -2.29. The second-order valence-corrected chi connectivity index (χ2v) is 6.94. The lowest BCUT2D eigenvalue weighted by atomic mass is 9.98. The van der Waals surface area contributed by atoms with Gasteiger partial charge in [0.1, 0.15) is 11.5 Å². The van der Waals surface area contributed by atoms with Crippen LogP contribution in [0, 0.1) is 0 Å². The van der Waals surface area contributed by atoms with Crippen LogP contribution in [-0.4, -0.2) is 49.7 Å². The van der Waals surface area contributed by atoms with Crippen molar-refractivity contribution in [2.24, 2.45) is 0 Å². The molecule has 0 unspecified atom stereocenters. The molecule has 1 heterocycles. The highest BCUT2D eigenvalue weighted by atomic mass is 16.5. The molecule has 3 rings (SSSR count). The molecule has 0 aromatic heterocycles. The van der Waals surface area contributed by atoms with Crippen LogP contribution in [0.5, 0.6) is 23.0 Å². The molecule has 0 saturated heterocycles. The maximum absolute atomic E-state index is 11.4. The molecule has 28 heavy (non-hydrogen) atoms. The quantitative estimate of drug-likeness (QED) is 0.555. The molecular weight excluding hydrogens is 358 g/mol. The van der Waals surface area contributed by atoms with E-state index in [-0.39, 0.29) is 11.5 Å². The van der Waals surface area contributed by atoms with Crippen molar-refractivity contribution in [2.45, 2.75) is 26.3 Å². The van der Waals surface area contributed by atoms with E-state index in [0.717, 1.165) is 44.0 Å². The van der Waals surface area contributed by atoms with Gasteiger partial charge in [0.2, 0.25) is 0 Å². The molecule has 2 aromatic rings. The summed E-state index contributed by atoms with van der Waals surface area (Å²) in [5.41, 5.74) is 2.90. The summed E-state index contributed by atoms with van der Waals surface area (Å²) >= 11 is 0. The van der Waals surface area contributed by atoms with Gasteiger partial charge in [-0.25, -0.2) is 0 Å². The van der Waals surface area contributed by atoms with E-state index in [4.69, 9.17) is 14.2 Å². The fraction of sp³-hybridized carbons (Fsp3) is 0.409.